The van der Waals surface area contributed by atoms with E-state index in [4.69, 9.17) is 0 Å². The molecular weight excluding hydrogens is 214 g/mol. The van der Waals surface area contributed by atoms with Crippen molar-refractivity contribution in [2.75, 3.05) is 27.7 Å². The molecule has 0 unspecified atom stereocenters. The molecule has 0 rings (SSSR count). The second kappa shape index (κ2) is 7.43. The molecule has 15 heavy (non-hydrogen) atoms. The van der Waals surface area contributed by atoms with Gasteiger partial charge in [-0.15, -0.1) is 0 Å². The minimum Gasteiger partial charge on any atom is -1.00 e. The van der Waals surface area contributed by atoms with Gasteiger partial charge in [-0.25, -0.2) is 5.43 Å². The Balaban J connectivity index is 0. The first kappa shape index (κ1) is 16.6. The van der Waals surface area contributed by atoms with Crippen LogP contribution in [0.3, 0.4) is 0 Å². The molecule has 0 aliphatic heterocycles. The van der Waals surface area contributed by atoms with Crippen molar-refractivity contribution in [3.05, 3.63) is 11.6 Å². The van der Waals surface area contributed by atoms with Crippen LogP contribution in [0.15, 0.2) is 16.8 Å². The zero-order chi connectivity index (χ0) is 11.2. The zero-order valence-corrected chi connectivity index (χ0v) is 10.8. The number of halogens is 1. The summed E-state index contributed by atoms with van der Waals surface area (Å²) in [6.07, 6.45) is 3.56. The van der Waals surface area contributed by atoms with Crippen LogP contribution in [0.2, 0.25) is 0 Å². The summed E-state index contributed by atoms with van der Waals surface area (Å²) in [7, 11) is 5.88. The fraction of sp³-hybridized carbons (Fsp3) is 0.600. The molecule has 0 aromatic carbocycles. The van der Waals surface area contributed by atoms with E-state index in [1.807, 2.05) is 41.1 Å². The molecule has 0 aromatic rings. The number of quaternary nitrogens is 1. The summed E-state index contributed by atoms with van der Waals surface area (Å²) in [4.78, 5) is 11.3. The van der Waals surface area contributed by atoms with Gasteiger partial charge >= 0.3 is 0 Å². The highest BCUT2D eigenvalue weighted by atomic mass is 35.5. The molecule has 0 saturated carbocycles. The summed E-state index contributed by atoms with van der Waals surface area (Å²) in [5.41, 5.74) is 3.50. The van der Waals surface area contributed by atoms with Gasteiger partial charge in [-0.1, -0.05) is 6.08 Å². The van der Waals surface area contributed by atoms with E-state index >= 15 is 0 Å². The van der Waals surface area contributed by atoms with Crippen molar-refractivity contribution in [1.29, 1.82) is 0 Å². The maximum absolute atomic E-state index is 11.3. The Morgan fingerprint density at radius 2 is 1.93 bits per heavy atom. The van der Waals surface area contributed by atoms with Crippen molar-refractivity contribution in [1.82, 2.24) is 5.43 Å². The van der Waals surface area contributed by atoms with Crippen molar-refractivity contribution < 1.29 is 21.7 Å². The van der Waals surface area contributed by atoms with Gasteiger partial charge in [0.2, 0.25) is 0 Å². The number of rotatable bonds is 4. The molecule has 88 valence electrons. The number of nitrogens with one attached hydrogen (secondary N) is 1. The molecular formula is C10H20ClN3O. The Kier molecular flexibility index (Phi) is 8.20. The van der Waals surface area contributed by atoms with E-state index in [2.05, 4.69) is 10.5 Å². The van der Waals surface area contributed by atoms with Gasteiger partial charge in [0.05, 0.1) is 21.1 Å². The van der Waals surface area contributed by atoms with Crippen LogP contribution in [0.4, 0.5) is 0 Å². The van der Waals surface area contributed by atoms with E-state index in [-0.39, 0.29) is 18.3 Å². The van der Waals surface area contributed by atoms with E-state index in [9.17, 15) is 4.79 Å². The highest BCUT2D eigenvalue weighted by Gasteiger charge is 2.12. The van der Waals surface area contributed by atoms with Crippen molar-refractivity contribution in [2.24, 2.45) is 5.10 Å². The summed E-state index contributed by atoms with van der Waals surface area (Å²) >= 11 is 0. The van der Waals surface area contributed by atoms with Crippen LogP contribution >= 0.6 is 0 Å². The van der Waals surface area contributed by atoms with Gasteiger partial charge in [-0.05, 0) is 19.4 Å². The van der Waals surface area contributed by atoms with Crippen LogP contribution in [-0.4, -0.2) is 44.3 Å². The monoisotopic (exact) mass is 233 g/mol. The lowest BCUT2D eigenvalue weighted by molar-refractivity contribution is -0.862. The average Bonchev–Trinajstić information content (AvgIpc) is 2.00. The van der Waals surface area contributed by atoms with E-state index in [1.54, 1.807) is 6.21 Å². The molecule has 0 fully saturated rings. The van der Waals surface area contributed by atoms with E-state index in [1.165, 1.54) is 0 Å². The first-order valence-electron chi connectivity index (χ1n) is 4.60. The second-order valence-corrected chi connectivity index (χ2v) is 4.27. The molecule has 0 aliphatic rings. The third kappa shape index (κ3) is 11.1. The largest absolute Gasteiger partial charge is 1.00 e. The number of hydrogen-bond acceptors (Lipinski definition) is 2. The van der Waals surface area contributed by atoms with Crippen LogP contribution in [0.1, 0.15) is 13.8 Å². The van der Waals surface area contributed by atoms with Gasteiger partial charge in [-0.2, -0.15) is 5.10 Å². The zero-order valence-electron chi connectivity index (χ0n) is 10.0. The van der Waals surface area contributed by atoms with Gasteiger partial charge in [0.15, 0.2) is 6.54 Å². The predicted octanol–water partition coefficient (Wildman–Crippen LogP) is -2.24. The number of hydrazone groups is 1. The number of nitrogens with zero attached hydrogens (tertiary/aromatic N) is 2. The predicted molar refractivity (Wildman–Crippen MR) is 59.0 cm³/mol. The van der Waals surface area contributed by atoms with Gasteiger partial charge in [0.1, 0.15) is 0 Å². The Hall–Kier alpha value is -0.870. The third-order valence-corrected chi connectivity index (χ3v) is 1.53. The van der Waals surface area contributed by atoms with Crippen molar-refractivity contribution in [3.8, 4) is 0 Å². The SMILES string of the molecule is CC=C(C)C=NNC(=O)C[N+](C)(C)C.[Cl-]. The molecule has 0 bridgehead atoms. The standard InChI is InChI=1S/C10H19N3O.ClH/c1-6-9(2)7-11-12-10(14)8-13(3,4)5;/h6-7H,8H2,1-5H3;1H. The van der Waals surface area contributed by atoms with E-state index in [0.717, 1.165) is 5.57 Å². The molecule has 4 nitrogen and oxygen atoms in total. The Morgan fingerprint density at radius 1 is 1.40 bits per heavy atom. The summed E-state index contributed by atoms with van der Waals surface area (Å²) in [6, 6.07) is 0. The van der Waals surface area contributed by atoms with Crippen LogP contribution in [-0.2, 0) is 4.79 Å². The summed E-state index contributed by atoms with van der Waals surface area (Å²) in [5.74, 6) is -0.0716. The maximum atomic E-state index is 11.3. The third-order valence-electron chi connectivity index (χ3n) is 1.53. The minimum absolute atomic E-state index is 0. The van der Waals surface area contributed by atoms with Crippen molar-refractivity contribution >= 4 is 12.1 Å². The quantitative estimate of drug-likeness (QED) is 0.333. The summed E-state index contributed by atoms with van der Waals surface area (Å²) < 4.78 is 0.601. The number of carbonyl (C=O) groups is 1. The van der Waals surface area contributed by atoms with Crippen LogP contribution in [0.25, 0.3) is 0 Å². The van der Waals surface area contributed by atoms with Crippen molar-refractivity contribution in [3.63, 3.8) is 0 Å². The lowest BCUT2D eigenvalue weighted by atomic mass is 10.3. The average molecular weight is 234 g/mol. The molecule has 5 heteroatoms. The first-order chi connectivity index (χ1) is 6.35. The number of likely N-dealkylation sites (N-methyl/N-ethyl adjacent to an activating group) is 1. The molecule has 0 aliphatic carbocycles. The number of allylic oxidation sites excluding steroid dienone is 2. The van der Waals surface area contributed by atoms with Gasteiger partial charge in [-0.3, -0.25) is 4.79 Å². The number of carbonyl (C=O) groups excluding carboxylic acids is 1. The molecule has 1 N–H and O–H groups in total. The Morgan fingerprint density at radius 3 is 2.33 bits per heavy atom. The highest BCUT2D eigenvalue weighted by molar-refractivity contribution is 5.81. The Bertz CT molecular complexity index is 254. The van der Waals surface area contributed by atoms with Crippen molar-refractivity contribution in [2.45, 2.75) is 13.8 Å². The van der Waals surface area contributed by atoms with Crippen LogP contribution in [0.5, 0.6) is 0 Å². The lowest BCUT2D eigenvalue weighted by Gasteiger charge is -2.21. The lowest BCUT2D eigenvalue weighted by Crippen LogP contribution is -3.00. The highest BCUT2D eigenvalue weighted by Crippen LogP contribution is 1.88. The van der Waals surface area contributed by atoms with Gasteiger partial charge < -0.3 is 16.9 Å². The number of hydrogen-bond donors (Lipinski definition) is 1. The Labute approximate surface area is 98.0 Å². The molecule has 0 heterocycles. The fourth-order valence-corrected chi connectivity index (χ4v) is 0.747. The van der Waals surface area contributed by atoms with E-state index in [0.29, 0.717) is 11.0 Å². The van der Waals surface area contributed by atoms with E-state index < -0.39 is 0 Å². The fourth-order valence-electron chi connectivity index (χ4n) is 0.747. The first-order valence-corrected chi connectivity index (χ1v) is 4.60. The van der Waals surface area contributed by atoms with Gasteiger partial charge in [0, 0.05) is 6.21 Å². The molecule has 0 atom stereocenters. The second-order valence-electron chi connectivity index (χ2n) is 4.27. The molecule has 0 spiro atoms. The van der Waals surface area contributed by atoms with Crippen LogP contribution < -0.4 is 17.8 Å². The van der Waals surface area contributed by atoms with Gasteiger partial charge in [0.25, 0.3) is 5.91 Å². The summed E-state index contributed by atoms with van der Waals surface area (Å²) in [5, 5.41) is 3.82. The molecule has 1 amide bonds. The summed E-state index contributed by atoms with van der Waals surface area (Å²) in [6.45, 7) is 4.27. The van der Waals surface area contributed by atoms with Crippen LogP contribution in [0, 0.1) is 0 Å². The maximum Gasteiger partial charge on any atom is 0.295 e. The minimum atomic E-state index is -0.0716. The topological polar surface area (TPSA) is 41.5 Å². The normalized spacial score (nSPS) is 12.5. The molecule has 0 saturated heterocycles. The molecule has 0 radical (unpaired) electrons. The number of amides is 1. The smallest absolute Gasteiger partial charge is 0.295 e. The molecule has 0 aromatic heterocycles.